The first-order valence-electron chi connectivity index (χ1n) is 7.70. The van der Waals surface area contributed by atoms with Gasteiger partial charge >= 0.3 is 6.03 Å². The fraction of sp³-hybridized carbons (Fsp3) is 0.438. The molecule has 2 aromatic rings. The van der Waals surface area contributed by atoms with Crippen molar-refractivity contribution in [1.29, 1.82) is 0 Å². The van der Waals surface area contributed by atoms with Crippen molar-refractivity contribution in [3.63, 3.8) is 0 Å². The summed E-state index contributed by atoms with van der Waals surface area (Å²) in [7, 11) is -1.59. The van der Waals surface area contributed by atoms with Crippen LogP contribution in [0.5, 0.6) is 0 Å². The second kappa shape index (κ2) is 6.25. The highest BCUT2D eigenvalue weighted by Gasteiger charge is 2.38. The minimum atomic E-state index is -3.28. The van der Waals surface area contributed by atoms with Crippen LogP contribution in [0.4, 0.5) is 4.79 Å². The fourth-order valence-electron chi connectivity index (χ4n) is 2.85. The molecule has 3 heterocycles. The number of sulfone groups is 1. The maximum Gasteiger partial charge on any atom is 0.318 e. The van der Waals surface area contributed by atoms with Crippen LogP contribution in [0.1, 0.15) is 43.7 Å². The van der Waals surface area contributed by atoms with Gasteiger partial charge in [0.05, 0.1) is 23.6 Å². The van der Waals surface area contributed by atoms with Crippen molar-refractivity contribution >= 4 is 27.2 Å². The van der Waals surface area contributed by atoms with Crippen molar-refractivity contribution in [3.05, 3.63) is 41.2 Å². The molecule has 3 atom stereocenters. The summed E-state index contributed by atoms with van der Waals surface area (Å²) in [6.45, 7) is 3.56. The molecule has 2 aromatic heterocycles. The average molecular weight is 368 g/mol. The van der Waals surface area contributed by atoms with Crippen molar-refractivity contribution in [2.24, 2.45) is 0 Å². The van der Waals surface area contributed by atoms with Crippen LogP contribution in [0.2, 0.25) is 0 Å². The van der Waals surface area contributed by atoms with Crippen molar-refractivity contribution < 1.29 is 17.6 Å². The Kier molecular flexibility index (Phi) is 4.44. The molecule has 1 aliphatic rings. The first-order chi connectivity index (χ1) is 11.3. The number of nitrogens with zero attached hydrogens (tertiary/aromatic N) is 1. The number of nitrogens with one attached hydrogen (secondary N) is 1. The summed E-state index contributed by atoms with van der Waals surface area (Å²) in [6.07, 6.45) is 1.95. The Morgan fingerprint density at radius 3 is 2.88 bits per heavy atom. The molecule has 1 unspecified atom stereocenters. The van der Waals surface area contributed by atoms with Crippen molar-refractivity contribution in [2.75, 3.05) is 7.05 Å². The van der Waals surface area contributed by atoms with E-state index >= 15 is 0 Å². The summed E-state index contributed by atoms with van der Waals surface area (Å²) in [5.74, 6) is 0.698. The molecule has 2 amide bonds. The molecule has 130 valence electrons. The molecule has 6 nitrogen and oxygen atoms in total. The van der Waals surface area contributed by atoms with E-state index in [4.69, 9.17) is 4.42 Å². The van der Waals surface area contributed by atoms with Crippen molar-refractivity contribution in [2.45, 2.75) is 41.8 Å². The number of urea groups is 1. The molecule has 1 N–H and O–H groups in total. The van der Waals surface area contributed by atoms with E-state index < -0.39 is 15.1 Å². The highest BCUT2D eigenvalue weighted by Crippen LogP contribution is 2.39. The third kappa shape index (κ3) is 2.84. The van der Waals surface area contributed by atoms with Crippen LogP contribution in [0.15, 0.2) is 38.5 Å². The van der Waals surface area contributed by atoms with Gasteiger partial charge in [0, 0.05) is 12.6 Å². The molecule has 0 saturated heterocycles. The second-order valence-electron chi connectivity index (χ2n) is 6.06. The van der Waals surface area contributed by atoms with E-state index in [-0.39, 0.29) is 18.1 Å². The van der Waals surface area contributed by atoms with E-state index in [1.54, 1.807) is 42.6 Å². The zero-order valence-corrected chi connectivity index (χ0v) is 15.4. The minimum absolute atomic E-state index is 0.216. The molecule has 0 radical (unpaired) electrons. The average Bonchev–Trinajstić information content (AvgIpc) is 3.22. The topological polar surface area (TPSA) is 79.6 Å². The van der Waals surface area contributed by atoms with Gasteiger partial charge in [-0.05, 0) is 43.8 Å². The number of carbonyl (C=O) groups excluding carboxylic acids is 1. The van der Waals surface area contributed by atoms with Gasteiger partial charge in [0.1, 0.15) is 9.97 Å². The first-order valence-corrected chi connectivity index (χ1v) is 10.1. The first kappa shape index (κ1) is 17.0. The molecular weight excluding hydrogens is 348 g/mol. The van der Waals surface area contributed by atoms with Gasteiger partial charge in [0.2, 0.25) is 0 Å². The van der Waals surface area contributed by atoms with Crippen LogP contribution in [-0.4, -0.2) is 31.6 Å². The lowest BCUT2D eigenvalue weighted by molar-refractivity contribution is 0.182. The van der Waals surface area contributed by atoms with E-state index in [9.17, 15) is 13.2 Å². The molecule has 24 heavy (non-hydrogen) atoms. The van der Waals surface area contributed by atoms with Crippen molar-refractivity contribution in [3.8, 4) is 0 Å². The summed E-state index contributed by atoms with van der Waals surface area (Å²) in [4.78, 5) is 14.1. The zero-order chi connectivity index (χ0) is 17.5. The number of hydrogen-bond donors (Lipinski definition) is 1. The normalized spacial score (nSPS) is 23.3. The van der Waals surface area contributed by atoms with Gasteiger partial charge in [-0.1, -0.05) is 0 Å². The molecule has 0 spiro atoms. The van der Waals surface area contributed by atoms with Gasteiger partial charge in [-0.2, -0.15) is 0 Å². The number of carbonyl (C=O) groups is 1. The van der Waals surface area contributed by atoms with Gasteiger partial charge in [0.25, 0.3) is 0 Å². The summed E-state index contributed by atoms with van der Waals surface area (Å²) >= 11 is 1.21. The number of furan rings is 1. The minimum Gasteiger partial charge on any atom is -0.467 e. The maximum atomic E-state index is 12.6. The Hall–Kier alpha value is -1.80. The van der Waals surface area contributed by atoms with E-state index in [1.807, 2.05) is 13.0 Å². The number of fused-ring (bicyclic) bond motifs is 1. The van der Waals surface area contributed by atoms with Crippen LogP contribution < -0.4 is 5.32 Å². The van der Waals surface area contributed by atoms with Crippen LogP contribution in [0, 0.1) is 0 Å². The number of rotatable bonds is 3. The molecule has 1 aliphatic heterocycles. The summed E-state index contributed by atoms with van der Waals surface area (Å²) in [5, 5.41) is 4.21. The highest BCUT2D eigenvalue weighted by atomic mass is 32.2. The van der Waals surface area contributed by atoms with Gasteiger partial charge in [-0.15, -0.1) is 11.3 Å². The van der Waals surface area contributed by atoms with E-state index in [2.05, 4.69) is 5.32 Å². The number of amides is 2. The Labute approximate surface area is 145 Å². The molecule has 0 fully saturated rings. The fourth-order valence-corrected chi connectivity index (χ4v) is 6.08. The van der Waals surface area contributed by atoms with E-state index in [0.29, 0.717) is 22.0 Å². The SMILES string of the molecule is CC(c1ccco1)N(C)C(=O)N[C@H]1C[C@H](C)S(=O)(=O)c2sccc21. The molecule has 0 aliphatic carbocycles. The lowest BCUT2D eigenvalue weighted by atomic mass is 10.1. The van der Waals surface area contributed by atoms with E-state index in [0.717, 1.165) is 0 Å². The Bertz CT molecular complexity index is 826. The Morgan fingerprint density at radius 1 is 1.46 bits per heavy atom. The predicted molar refractivity (Wildman–Crippen MR) is 91.7 cm³/mol. The summed E-state index contributed by atoms with van der Waals surface area (Å²) in [5.41, 5.74) is 0.686. The van der Waals surface area contributed by atoms with Crippen LogP contribution in [0.3, 0.4) is 0 Å². The predicted octanol–water partition coefficient (Wildman–Crippen LogP) is 3.35. The smallest absolute Gasteiger partial charge is 0.318 e. The monoisotopic (exact) mass is 368 g/mol. The van der Waals surface area contributed by atoms with Crippen LogP contribution in [-0.2, 0) is 9.84 Å². The molecule has 0 bridgehead atoms. The number of hydrogen-bond acceptors (Lipinski definition) is 5. The highest BCUT2D eigenvalue weighted by molar-refractivity contribution is 7.94. The summed E-state index contributed by atoms with van der Waals surface area (Å²) in [6, 6.07) is 4.61. The third-order valence-electron chi connectivity index (χ3n) is 4.54. The largest absolute Gasteiger partial charge is 0.467 e. The molecular formula is C16H20N2O4S2. The summed E-state index contributed by atoms with van der Waals surface area (Å²) < 4.78 is 30.5. The lowest BCUT2D eigenvalue weighted by Crippen LogP contribution is -2.43. The number of thiophene rings is 1. The van der Waals surface area contributed by atoms with Gasteiger partial charge < -0.3 is 14.6 Å². The van der Waals surface area contributed by atoms with Crippen LogP contribution in [0.25, 0.3) is 0 Å². The second-order valence-corrected chi connectivity index (χ2v) is 9.54. The zero-order valence-electron chi connectivity index (χ0n) is 13.7. The quantitative estimate of drug-likeness (QED) is 0.901. The van der Waals surface area contributed by atoms with Gasteiger partial charge in [-0.3, -0.25) is 0 Å². The molecule has 3 rings (SSSR count). The molecule has 0 aromatic carbocycles. The lowest BCUT2D eigenvalue weighted by Gasteiger charge is -2.31. The van der Waals surface area contributed by atoms with Crippen molar-refractivity contribution in [1.82, 2.24) is 10.2 Å². The third-order valence-corrected chi connectivity index (χ3v) is 8.26. The van der Waals surface area contributed by atoms with Gasteiger partial charge in [0.15, 0.2) is 9.84 Å². The van der Waals surface area contributed by atoms with Gasteiger partial charge in [-0.25, -0.2) is 13.2 Å². The van der Waals surface area contributed by atoms with Crippen LogP contribution >= 0.6 is 11.3 Å². The Balaban J connectivity index is 1.78. The molecule has 0 saturated carbocycles. The van der Waals surface area contributed by atoms with E-state index in [1.165, 1.54) is 11.3 Å². The maximum absolute atomic E-state index is 12.6. The Morgan fingerprint density at radius 2 is 2.21 bits per heavy atom. The standard InChI is InChI=1S/C16H20N2O4S2/c1-10-9-13(12-6-8-23-15(12)24(10,20)21)17-16(19)18(3)11(2)14-5-4-7-22-14/h4-8,10-11,13H,9H2,1-3H3,(H,17,19)/t10-,11?,13-/m0/s1. The molecule has 8 heteroatoms.